The van der Waals surface area contributed by atoms with Gasteiger partial charge < -0.3 is 5.48 Å². The predicted molar refractivity (Wildman–Crippen MR) is 97.0 cm³/mol. The van der Waals surface area contributed by atoms with Crippen LogP contribution in [0.4, 0.5) is 0 Å². The van der Waals surface area contributed by atoms with Crippen molar-refractivity contribution >= 4 is 50.2 Å². The maximum absolute atomic E-state index is 4.07. The van der Waals surface area contributed by atoms with E-state index in [9.17, 15) is 0 Å². The molecule has 0 saturated heterocycles. The van der Waals surface area contributed by atoms with Crippen LogP contribution in [0.2, 0.25) is 0 Å². The fraction of sp³-hybridized carbons (Fsp3) is 0. The molecule has 0 spiro atoms. The molecule has 4 aromatic rings. The summed E-state index contributed by atoms with van der Waals surface area (Å²) in [5, 5.41) is 2.18. The van der Waals surface area contributed by atoms with Crippen LogP contribution in [0.1, 0.15) is 0 Å². The maximum atomic E-state index is 4.07. The molecule has 118 valence electrons. The Morgan fingerprint density at radius 1 is 0.609 bits per heavy atom. The van der Waals surface area contributed by atoms with E-state index in [0.717, 1.165) is 21.8 Å². The van der Waals surface area contributed by atoms with Crippen molar-refractivity contribution in [2.75, 3.05) is 0 Å². The van der Waals surface area contributed by atoms with Crippen molar-refractivity contribution in [3.8, 4) is 0 Å². The average Bonchev–Trinajstić information content (AvgIpc) is 2.64. The van der Waals surface area contributed by atoms with Crippen LogP contribution in [0.15, 0.2) is 73.6 Å². The van der Waals surface area contributed by atoms with Crippen LogP contribution < -0.4 is 0 Å². The molecule has 0 amide bonds. The van der Waals surface area contributed by atoms with E-state index < -0.39 is 0 Å². The smallest absolute Gasteiger partial charge is 0.116 e. The Labute approximate surface area is 149 Å². The Hall–Kier alpha value is -1.88. The van der Waals surface area contributed by atoms with Crippen LogP contribution in [0.5, 0.6) is 0 Å². The molecule has 0 saturated carbocycles. The summed E-state index contributed by atoms with van der Waals surface area (Å²) in [7, 11) is 0. The van der Waals surface area contributed by atoms with Crippen LogP contribution >= 0.6 is 0 Å². The minimum atomic E-state index is 0. The van der Waals surface area contributed by atoms with Gasteiger partial charge in [-0.05, 0) is 12.1 Å². The Morgan fingerprint density at radius 3 is 1.39 bits per heavy atom. The fourth-order valence-electron chi connectivity index (χ4n) is 1.85. The number of rotatable bonds is 0. The van der Waals surface area contributed by atoms with E-state index in [1.807, 2.05) is 60.9 Å². The van der Waals surface area contributed by atoms with E-state index in [-0.39, 0.29) is 5.48 Å². The Bertz CT molecular complexity index is 643. The second-order valence-electron chi connectivity index (χ2n) is 4.16. The molecule has 0 radical (unpaired) electrons. The van der Waals surface area contributed by atoms with Crippen LogP contribution in [0, 0.1) is 0 Å². The van der Waals surface area contributed by atoms with Crippen molar-refractivity contribution in [2.45, 2.75) is 0 Å². The number of nitrogens with zero attached hydrogens (tertiary/aromatic N) is 4. The summed E-state index contributed by atoms with van der Waals surface area (Å²) in [6, 6.07) is 15.8. The SMILES string of the molecule is O.[SeH][SeH].c1ccc2ncncc2c1.c1ccc2ncncc2c1. The van der Waals surface area contributed by atoms with E-state index in [1.54, 1.807) is 12.7 Å². The summed E-state index contributed by atoms with van der Waals surface area (Å²) in [4.78, 5) is 15.9. The van der Waals surface area contributed by atoms with E-state index >= 15 is 0 Å². The Kier molecular flexibility index (Phi) is 8.98. The molecular formula is C16H16N4OSe2. The molecule has 0 atom stereocenters. The number of aromatic nitrogens is 4. The summed E-state index contributed by atoms with van der Waals surface area (Å²) >= 11 is 4.50. The van der Waals surface area contributed by atoms with Gasteiger partial charge in [-0.2, -0.15) is 0 Å². The molecule has 2 heterocycles. The minimum absolute atomic E-state index is 0. The molecule has 2 aromatic heterocycles. The van der Waals surface area contributed by atoms with E-state index in [4.69, 9.17) is 0 Å². The summed E-state index contributed by atoms with van der Waals surface area (Å²) < 4.78 is 0. The monoisotopic (exact) mass is 440 g/mol. The summed E-state index contributed by atoms with van der Waals surface area (Å²) in [6.07, 6.45) is 6.73. The zero-order valence-electron chi connectivity index (χ0n) is 12.1. The molecule has 0 bridgehead atoms. The molecule has 0 aliphatic carbocycles. The van der Waals surface area contributed by atoms with Gasteiger partial charge in [-0.3, -0.25) is 0 Å². The number of hydrogen-bond acceptors (Lipinski definition) is 4. The Balaban J connectivity index is 0.000000200. The third kappa shape index (κ3) is 5.67. The van der Waals surface area contributed by atoms with Crippen molar-refractivity contribution in [3.63, 3.8) is 0 Å². The van der Waals surface area contributed by atoms with Gasteiger partial charge in [0.15, 0.2) is 0 Å². The standard InChI is InChI=1S/2C8H6N2.H2O.H2Se2/c2*1-2-4-8-7(3-1)5-9-6-10-8;;1-2/h2*1-6H;1H2;1-2H. The van der Waals surface area contributed by atoms with Gasteiger partial charge in [0, 0.05) is 23.2 Å². The van der Waals surface area contributed by atoms with Gasteiger partial charge in [0.25, 0.3) is 0 Å². The fourth-order valence-corrected chi connectivity index (χ4v) is 1.85. The molecular weight excluding hydrogens is 422 g/mol. The minimum Gasteiger partial charge on any atom is -0.244 e. The van der Waals surface area contributed by atoms with Crippen molar-refractivity contribution < 1.29 is 5.48 Å². The first-order valence-electron chi connectivity index (χ1n) is 6.43. The summed E-state index contributed by atoms with van der Waals surface area (Å²) in [5.41, 5.74) is 2.00. The first kappa shape index (κ1) is 19.2. The van der Waals surface area contributed by atoms with E-state index in [0.29, 0.717) is 0 Å². The van der Waals surface area contributed by atoms with E-state index in [2.05, 4.69) is 48.3 Å². The van der Waals surface area contributed by atoms with Gasteiger partial charge in [-0.25, -0.2) is 19.9 Å². The van der Waals surface area contributed by atoms with Crippen LogP contribution in [-0.2, 0) is 0 Å². The molecule has 23 heavy (non-hydrogen) atoms. The summed E-state index contributed by atoms with van der Waals surface area (Å²) in [6.45, 7) is 0. The van der Waals surface area contributed by atoms with Gasteiger partial charge in [0.2, 0.25) is 0 Å². The third-order valence-electron chi connectivity index (χ3n) is 2.83. The van der Waals surface area contributed by atoms with Crippen molar-refractivity contribution in [3.05, 3.63) is 73.6 Å². The van der Waals surface area contributed by atoms with E-state index in [1.165, 1.54) is 0 Å². The molecule has 0 fully saturated rings. The van der Waals surface area contributed by atoms with Crippen molar-refractivity contribution in [1.29, 1.82) is 0 Å². The van der Waals surface area contributed by atoms with Gasteiger partial charge >= 0.3 is 28.4 Å². The first-order chi connectivity index (χ1) is 10.9. The molecule has 0 unspecified atom stereocenters. The molecule has 2 N–H and O–H groups in total. The second kappa shape index (κ2) is 10.8. The quantitative estimate of drug-likeness (QED) is 0.386. The normalized spacial score (nSPS) is 8.96. The van der Waals surface area contributed by atoms with Gasteiger partial charge in [-0.15, -0.1) is 0 Å². The molecule has 2 aromatic carbocycles. The topological polar surface area (TPSA) is 83.1 Å². The van der Waals surface area contributed by atoms with Crippen LogP contribution in [0.25, 0.3) is 21.8 Å². The largest absolute Gasteiger partial charge is 0.244 e. The molecule has 5 nitrogen and oxygen atoms in total. The predicted octanol–water partition coefficient (Wildman–Crippen LogP) is 1.14. The number of benzene rings is 2. The maximum Gasteiger partial charge on any atom is 0.116 e. The van der Waals surface area contributed by atoms with Gasteiger partial charge in [0.05, 0.1) is 11.0 Å². The van der Waals surface area contributed by atoms with Gasteiger partial charge in [0.1, 0.15) is 12.7 Å². The van der Waals surface area contributed by atoms with Crippen molar-refractivity contribution in [1.82, 2.24) is 19.9 Å². The molecule has 0 aliphatic heterocycles. The second-order valence-corrected chi connectivity index (χ2v) is 4.16. The zero-order valence-corrected chi connectivity index (χ0v) is 15.9. The van der Waals surface area contributed by atoms with Crippen molar-refractivity contribution in [2.24, 2.45) is 0 Å². The molecule has 7 heteroatoms. The number of para-hydroxylation sites is 2. The summed E-state index contributed by atoms with van der Waals surface area (Å²) in [5.74, 6) is 0. The Morgan fingerprint density at radius 2 is 1.00 bits per heavy atom. The first-order valence-corrected chi connectivity index (χ1v) is 11.6. The average molecular weight is 438 g/mol. The zero-order chi connectivity index (χ0) is 15.6. The third-order valence-corrected chi connectivity index (χ3v) is 2.83. The van der Waals surface area contributed by atoms with Crippen LogP contribution in [0.3, 0.4) is 0 Å². The number of fused-ring (bicyclic) bond motifs is 2. The van der Waals surface area contributed by atoms with Crippen LogP contribution in [-0.4, -0.2) is 53.8 Å². The molecule has 0 aliphatic rings. The molecule has 4 rings (SSSR count). The number of hydrogen-bond donors (Lipinski definition) is 0. The van der Waals surface area contributed by atoms with Gasteiger partial charge in [-0.1, -0.05) is 36.4 Å².